The zero-order chi connectivity index (χ0) is 11.7. The van der Waals surface area contributed by atoms with Crippen molar-refractivity contribution < 1.29 is 0 Å². The Bertz CT molecular complexity index is 590. The van der Waals surface area contributed by atoms with Crippen molar-refractivity contribution >= 4 is 27.2 Å². The standard InChI is InChI=1S/C12H11ClN2Se/c1-8-7-9(2)15(12(16)14-8)11-6-4-3-5-10(11)13/h3-7H,1-2H3. The minimum absolute atomic E-state index is 0.720. The number of hydrogen-bond donors (Lipinski definition) is 0. The van der Waals surface area contributed by atoms with Gasteiger partial charge in [-0.25, -0.2) is 0 Å². The summed E-state index contributed by atoms with van der Waals surface area (Å²) in [5.74, 6) is 0. The van der Waals surface area contributed by atoms with E-state index in [0.717, 1.165) is 26.4 Å². The Morgan fingerprint density at radius 1 is 1.25 bits per heavy atom. The molecule has 0 aliphatic heterocycles. The number of benzene rings is 1. The van der Waals surface area contributed by atoms with Gasteiger partial charge in [0.1, 0.15) is 0 Å². The summed E-state index contributed by atoms with van der Waals surface area (Å²) in [6.45, 7) is 4.02. The van der Waals surface area contributed by atoms with Crippen LogP contribution in [0.25, 0.3) is 5.69 Å². The number of aromatic nitrogens is 2. The Balaban J connectivity index is 2.75. The Labute approximate surface area is 107 Å². The molecule has 0 bridgehead atoms. The van der Waals surface area contributed by atoms with Gasteiger partial charge in [-0.3, -0.25) is 0 Å². The van der Waals surface area contributed by atoms with Gasteiger partial charge in [0.25, 0.3) is 0 Å². The first-order valence-electron chi connectivity index (χ1n) is 4.92. The molecule has 1 heterocycles. The molecule has 0 amide bonds. The van der Waals surface area contributed by atoms with E-state index in [0.29, 0.717) is 0 Å². The van der Waals surface area contributed by atoms with Crippen molar-refractivity contribution in [2.45, 2.75) is 13.8 Å². The van der Waals surface area contributed by atoms with E-state index in [1.807, 2.05) is 48.7 Å². The zero-order valence-electron chi connectivity index (χ0n) is 9.07. The van der Waals surface area contributed by atoms with Crippen molar-refractivity contribution in [1.82, 2.24) is 9.55 Å². The molecule has 0 N–H and O–H groups in total. The molecule has 0 unspecified atom stereocenters. The van der Waals surface area contributed by atoms with Crippen molar-refractivity contribution in [3.05, 3.63) is 51.1 Å². The van der Waals surface area contributed by atoms with Crippen LogP contribution in [0.4, 0.5) is 0 Å². The van der Waals surface area contributed by atoms with Gasteiger partial charge in [-0.1, -0.05) is 0 Å². The van der Waals surface area contributed by atoms with E-state index in [4.69, 9.17) is 11.6 Å². The fraction of sp³-hybridized carbons (Fsp3) is 0.167. The molecule has 0 aliphatic carbocycles. The third-order valence-corrected chi connectivity index (χ3v) is 3.22. The average Bonchev–Trinajstić information content (AvgIpc) is 2.19. The quantitative estimate of drug-likeness (QED) is 0.740. The topological polar surface area (TPSA) is 17.8 Å². The molecule has 0 spiro atoms. The predicted molar refractivity (Wildman–Crippen MR) is 67.0 cm³/mol. The van der Waals surface area contributed by atoms with Crippen molar-refractivity contribution in [3.63, 3.8) is 0 Å². The van der Waals surface area contributed by atoms with Crippen LogP contribution in [-0.4, -0.2) is 25.1 Å². The van der Waals surface area contributed by atoms with Gasteiger partial charge in [-0.2, -0.15) is 0 Å². The van der Waals surface area contributed by atoms with Crippen molar-refractivity contribution in [2.24, 2.45) is 0 Å². The van der Waals surface area contributed by atoms with E-state index in [9.17, 15) is 0 Å². The first-order chi connectivity index (χ1) is 7.59. The maximum absolute atomic E-state index is 6.18. The molecule has 0 fully saturated rings. The summed E-state index contributed by atoms with van der Waals surface area (Å²) in [4.78, 5) is 4.40. The van der Waals surface area contributed by atoms with Gasteiger partial charge in [0, 0.05) is 0 Å². The normalized spacial score (nSPS) is 10.4. The summed E-state index contributed by atoms with van der Waals surface area (Å²) in [6.07, 6.45) is 0. The van der Waals surface area contributed by atoms with Crippen LogP contribution < -0.4 is 0 Å². The Morgan fingerprint density at radius 2 is 1.94 bits per heavy atom. The number of halogens is 1. The number of rotatable bonds is 1. The van der Waals surface area contributed by atoms with Crippen LogP contribution in [0.15, 0.2) is 30.3 Å². The molecule has 82 valence electrons. The van der Waals surface area contributed by atoms with Crippen LogP contribution in [0.5, 0.6) is 0 Å². The number of hydrogen-bond acceptors (Lipinski definition) is 1. The van der Waals surface area contributed by atoms with Gasteiger partial charge in [0.05, 0.1) is 0 Å². The van der Waals surface area contributed by atoms with Crippen LogP contribution >= 0.6 is 11.6 Å². The van der Waals surface area contributed by atoms with E-state index in [1.54, 1.807) is 0 Å². The third-order valence-electron chi connectivity index (χ3n) is 2.33. The van der Waals surface area contributed by atoms with E-state index < -0.39 is 0 Å². The Hall–Kier alpha value is -0.891. The molecule has 0 saturated heterocycles. The first-order valence-corrected chi connectivity index (χ1v) is 6.15. The molecule has 0 aliphatic rings. The molecule has 1 aromatic carbocycles. The van der Waals surface area contributed by atoms with Crippen molar-refractivity contribution in [1.29, 1.82) is 0 Å². The zero-order valence-corrected chi connectivity index (χ0v) is 11.5. The molecule has 16 heavy (non-hydrogen) atoms. The minimum atomic E-state index is 0.720. The van der Waals surface area contributed by atoms with Gasteiger partial charge in [0.15, 0.2) is 0 Å². The summed E-state index contributed by atoms with van der Waals surface area (Å²) >= 11 is 9.15. The van der Waals surface area contributed by atoms with E-state index in [-0.39, 0.29) is 0 Å². The molecule has 2 aromatic rings. The summed E-state index contributed by atoms with van der Waals surface area (Å²) in [5, 5.41) is 0.720. The second kappa shape index (κ2) is 4.54. The summed E-state index contributed by atoms with van der Waals surface area (Å²) in [5.41, 5.74) is 3.05. The SMILES string of the molecule is Cc1cc(C)n(-c2ccccc2Cl)c(=[Se])n1. The van der Waals surface area contributed by atoms with Gasteiger partial charge in [-0.05, 0) is 0 Å². The second-order valence-electron chi connectivity index (χ2n) is 3.61. The van der Waals surface area contributed by atoms with E-state index in [2.05, 4.69) is 20.6 Å². The van der Waals surface area contributed by atoms with E-state index in [1.165, 1.54) is 0 Å². The molecule has 2 rings (SSSR count). The molecule has 0 saturated carbocycles. The third kappa shape index (κ3) is 2.12. The van der Waals surface area contributed by atoms with Gasteiger partial charge >= 0.3 is 107 Å². The maximum atomic E-state index is 6.18. The summed E-state index contributed by atoms with van der Waals surface area (Å²) in [6, 6.07) is 9.77. The van der Waals surface area contributed by atoms with Crippen LogP contribution in [0.2, 0.25) is 5.02 Å². The summed E-state index contributed by atoms with van der Waals surface area (Å²) in [7, 11) is 0. The molecule has 0 radical (unpaired) electrons. The fourth-order valence-electron chi connectivity index (χ4n) is 1.68. The van der Waals surface area contributed by atoms with Crippen LogP contribution in [-0.2, 0) is 0 Å². The number of nitrogens with zero attached hydrogens (tertiary/aromatic N) is 2. The molecular formula is C12H11ClN2Se. The number of aryl methyl sites for hydroxylation is 2. The average molecular weight is 298 g/mol. The molecule has 0 atom stereocenters. The van der Waals surface area contributed by atoms with Crippen LogP contribution in [0, 0.1) is 18.2 Å². The van der Waals surface area contributed by atoms with Crippen LogP contribution in [0.3, 0.4) is 0 Å². The Morgan fingerprint density at radius 3 is 2.56 bits per heavy atom. The van der Waals surface area contributed by atoms with Crippen LogP contribution in [0.1, 0.15) is 11.4 Å². The van der Waals surface area contributed by atoms with Gasteiger partial charge < -0.3 is 0 Å². The molecular weight excluding hydrogens is 287 g/mol. The number of para-hydroxylation sites is 1. The molecule has 4 heteroatoms. The molecule has 2 nitrogen and oxygen atoms in total. The fourth-order valence-corrected chi connectivity index (χ4v) is 2.71. The van der Waals surface area contributed by atoms with Crippen molar-refractivity contribution in [2.75, 3.05) is 0 Å². The predicted octanol–water partition coefficient (Wildman–Crippen LogP) is 2.84. The Kier molecular flexibility index (Phi) is 3.29. The van der Waals surface area contributed by atoms with Crippen molar-refractivity contribution in [3.8, 4) is 5.69 Å². The van der Waals surface area contributed by atoms with Gasteiger partial charge in [-0.15, -0.1) is 0 Å². The monoisotopic (exact) mass is 298 g/mol. The van der Waals surface area contributed by atoms with Gasteiger partial charge in [0.2, 0.25) is 0 Å². The second-order valence-corrected chi connectivity index (χ2v) is 4.78. The summed E-state index contributed by atoms with van der Waals surface area (Å²) < 4.78 is 2.83. The first kappa shape index (κ1) is 11.6. The molecule has 1 aromatic heterocycles. The van der Waals surface area contributed by atoms with E-state index >= 15 is 0 Å².